The lowest BCUT2D eigenvalue weighted by atomic mass is 10.2. The van der Waals surface area contributed by atoms with Crippen LogP contribution in [0, 0.1) is 13.8 Å². The van der Waals surface area contributed by atoms with Crippen LogP contribution in [0.15, 0.2) is 33.6 Å². The fraction of sp³-hybridized carbons (Fsp3) is 0.231. The number of nitrogens with zero attached hydrogens (tertiary/aromatic N) is 2. The Labute approximate surface area is 131 Å². The van der Waals surface area contributed by atoms with E-state index in [1.54, 1.807) is 33.0 Å². The minimum Gasteiger partial charge on any atom is -0.271 e. The number of carbonyl (C=O) groups is 1. The van der Waals surface area contributed by atoms with Gasteiger partial charge in [0.25, 0.3) is 15.9 Å². The van der Waals surface area contributed by atoms with Gasteiger partial charge in [-0.05, 0) is 38.1 Å². The highest BCUT2D eigenvalue weighted by Crippen LogP contribution is 2.19. The number of aromatic nitrogens is 2. The van der Waals surface area contributed by atoms with E-state index >= 15 is 0 Å². The largest absolute Gasteiger partial charge is 0.271 e. The summed E-state index contributed by atoms with van der Waals surface area (Å²) in [4.78, 5) is 12.1. The second-order valence-electron chi connectivity index (χ2n) is 4.57. The molecule has 1 aromatic heterocycles. The van der Waals surface area contributed by atoms with Crippen molar-refractivity contribution in [2.45, 2.75) is 18.7 Å². The molecule has 112 valence electrons. The van der Waals surface area contributed by atoms with Gasteiger partial charge in [0.2, 0.25) is 0 Å². The van der Waals surface area contributed by atoms with Crippen LogP contribution in [0.5, 0.6) is 0 Å². The van der Waals surface area contributed by atoms with E-state index in [0.717, 1.165) is 4.47 Å². The molecule has 0 aliphatic carbocycles. The molecule has 2 aromatic rings. The topological polar surface area (TPSA) is 81.1 Å². The van der Waals surface area contributed by atoms with Gasteiger partial charge in [0.15, 0.2) is 0 Å². The van der Waals surface area contributed by atoms with Gasteiger partial charge in [0.05, 0.1) is 11.4 Å². The minimum atomic E-state index is -3.95. The highest BCUT2D eigenvalue weighted by molar-refractivity contribution is 9.10. The van der Waals surface area contributed by atoms with Crippen molar-refractivity contribution >= 4 is 31.9 Å². The molecular weight excluding hydrogens is 358 g/mol. The van der Waals surface area contributed by atoms with Crippen LogP contribution in [0.3, 0.4) is 0 Å². The van der Waals surface area contributed by atoms with Gasteiger partial charge in [-0.3, -0.25) is 9.48 Å². The number of benzene rings is 1. The molecule has 1 N–H and O–H groups in total. The highest BCUT2D eigenvalue weighted by Gasteiger charge is 2.26. The molecule has 6 nitrogen and oxygen atoms in total. The van der Waals surface area contributed by atoms with Crippen molar-refractivity contribution < 1.29 is 13.2 Å². The van der Waals surface area contributed by atoms with Gasteiger partial charge >= 0.3 is 0 Å². The highest BCUT2D eigenvalue weighted by atomic mass is 79.9. The predicted octanol–water partition coefficient (Wildman–Crippen LogP) is 1.92. The summed E-state index contributed by atoms with van der Waals surface area (Å²) < 4.78 is 29.0. The Bertz CT molecular complexity index is 795. The van der Waals surface area contributed by atoms with Gasteiger partial charge < -0.3 is 0 Å². The summed E-state index contributed by atoms with van der Waals surface area (Å²) in [5.41, 5.74) is 1.09. The number of sulfonamides is 1. The van der Waals surface area contributed by atoms with Gasteiger partial charge in [-0.15, -0.1) is 0 Å². The first kappa shape index (κ1) is 15.7. The summed E-state index contributed by atoms with van der Waals surface area (Å²) in [7, 11) is -2.30. The van der Waals surface area contributed by atoms with Crippen LogP contribution in [-0.4, -0.2) is 24.1 Å². The Morgan fingerprint density at radius 2 is 1.81 bits per heavy atom. The molecule has 0 spiro atoms. The summed E-state index contributed by atoms with van der Waals surface area (Å²) in [6, 6.07) is 6.42. The fourth-order valence-electron chi connectivity index (χ4n) is 1.98. The second-order valence-corrected chi connectivity index (χ2v) is 7.10. The molecule has 0 aliphatic heterocycles. The molecule has 0 bridgehead atoms. The summed E-state index contributed by atoms with van der Waals surface area (Å²) in [6.45, 7) is 3.23. The van der Waals surface area contributed by atoms with Gasteiger partial charge in [-0.2, -0.15) is 5.10 Å². The smallest absolute Gasteiger partial charge is 0.267 e. The number of aryl methyl sites for hydroxylation is 2. The molecule has 0 radical (unpaired) electrons. The number of carbonyl (C=O) groups excluding carboxylic acids is 1. The Balaban J connectivity index is 2.33. The lowest BCUT2D eigenvalue weighted by Gasteiger charge is -2.07. The van der Waals surface area contributed by atoms with Crippen LogP contribution >= 0.6 is 15.9 Å². The SMILES string of the molecule is Cc1nn(C)c(C)c1S(=O)(=O)NC(=O)c1ccc(Br)cc1. The number of hydrogen-bond donors (Lipinski definition) is 1. The molecular formula is C13H14BrN3O3S. The normalized spacial score (nSPS) is 11.4. The van der Waals surface area contributed by atoms with E-state index in [1.165, 1.54) is 16.8 Å². The van der Waals surface area contributed by atoms with Gasteiger partial charge in [-0.1, -0.05) is 15.9 Å². The number of rotatable bonds is 3. The molecule has 2 rings (SSSR count). The number of halogens is 1. The van der Waals surface area contributed by atoms with Crippen LogP contribution in [0.1, 0.15) is 21.7 Å². The Kier molecular flexibility index (Phi) is 4.20. The molecule has 21 heavy (non-hydrogen) atoms. The van der Waals surface area contributed by atoms with Crippen LogP contribution in [0.4, 0.5) is 0 Å². The minimum absolute atomic E-state index is 0.0375. The monoisotopic (exact) mass is 371 g/mol. The zero-order valence-electron chi connectivity index (χ0n) is 11.7. The first-order valence-electron chi connectivity index (χ1n) is 6.05. The molecule has 0 unspecified atom stereocenters. The summed E-state index contributed by atoms with van der Waals surface area (Å²) in [5.74, 6) is -0.676. The van der Waals surface area contributed by atoms with Crippen molar-refractivity contribution in [3.8, 4) is 0 Å². The number of hydrogen-bond acceptors (Lipinski definition) is 4. The van der Waals surface area contributed by atoms with Crippen molar-refractivity contribution in [2.75, 3.05) is 0 Å². The third-order valence-corrected chi connectivity index (χ3v) is 5.16. The van der Waals surface area contributed by atoms with Gasteiger partial charge in [0.1, 0.15) is 4.90 Å². The Morgan fingerprint density at radius 3 is 2.29 bits per heavy atom. The number of nitrogens with one attached hydrogen (secondary N) is 1. The van der Waals surface area contributed by atoms with Gasteiger partial charge in [-0.25, -0.2) is 13.1 Å². The van der Waals surface area contributed by atoms with E-state index in [0.29, 0.717) is 11.4 Å². The van der Waals surface area contributed by atoms with Crippen LogP contribution in [-0.2, 0) is 17.1 Å². The molecule has 1 amide bonds. The lowest BCUT2D eigenvalue weighted by Crippen LogP contribution is -2.31. The first-order chi connectivity index (χ1) is 9.72. The van der Waals surface area contributed by atoms with Crippen molar-refractivity contribution in [3.63, 3.8) is 0 Å². The van der Waals surface area contributed by atoms with E-state index in [-0.39, 0.29) is 10.5 Å². The van der Waals surface area contributed by atoms with E-state index in [4.69, 9.17) is 0 Å². The second kappa shape index (κ2) is 5.61. The number of amides is 1. The molecule has 1 aromatic carbocycles. The molecule has 0 fully saturated rings. The van der Waals surface area contributed by atoms with E-state index in [1.807, 2.05) is 0 Å². The average Bonchev–Trinajstić information content (AvgIpc) is 2.63. The van der Waals surface area contributed by atoms with Crippen molar-refractivity contribution in [1.29, 1.82) is 0 Å². The van der Waals surface area contributed by atoms with Crippen molar-refractivity contribution in [2.24, 2.45) is 7.05 Å². The van der Waals surface area contributed by atoms with Crippen LogP contribution in [0.25, 0.3) is 0 Å². The quantitative estimate of drug-likeness (QED) is 0.893. The Hall–Kier alpha value is -1.67. The third-order valence-electron chi connectivity index (χ3n) is 3.04. The standard InChI is InChI=1S/C13H14BrN3O3S/c1-8-12(9(2)17(3)15-8)21(19,20)16-13(18)10-4-6-11(14)7-5-10/h4-7H,1-3H3,(H,16,18). The maximum absolute atomic E-state index is 12.3. The Morgan fingerprint density at radius 1 is 1.24 bits per heavy atom. The lowest BCUT2D eigenvalue weighted by molar-refractivity contribution is 0.0981. The van der Waals surface area contributed by atoms with Crippen molar-refractivity contribution in [1.82, 2.24) is 14.5 Å². The van der Waals surface area contributed by atoms with E-state index < -0.39 is 15.9 Å². The van der Waals surface area contributed by atoms with Crippen LogP contribution < -0.4 is 4.72 Å². The molecule has 1 heterocycles. The van der Waals surface area contributed by atoms with Crippen molar-refractivity contribution in [3.05, 3.63) is 45.7 Å². The first-order valence-corrected chi connectivity index (χ1v) is 8.33. The summed E-state index contributed by atoms with van der Waals surface area (Å²) in [6.07, 6.45) is 0. The van der Waals surface area contributed by atoms with E-state index in [2.05, 4.69) is 25.8 Å². The zero-order chi connectivity index (χ0) is 15.8. The third kappa shape index (κ3) is 3.16. The zero-order valence-corrected chi connectivity index (χ0v) is 14.1. The maximum Gasteiger partial charge on any atom is 0.267 e. The average molecular weight is 372 g/mol. The molecule has 8 heteroatoms. The van der Waals surface area contributed by atoms with E-state index in [9.17, 15) is 13.2 Å². The fourth-order valence-corrected chi connectivity index (χ4v) is 3.66. The molecule has 0 saturated heterocycles. The summed E-state index contributed by atoms with van der Waals surface area (Å²) >= 11 is 3.25. The van der Waals surface area contributed by atoms with Gasteiger partial charge in [0, 0.05) is 17.1 Å². The predicted molar refractivity (Wildman–Crippen MR) is 81.5 cm³/mol. The maximum atomic E-state index is 12.3. The molecule has 0 saturated carbocycles. The summed E-state index contributed by atoms with van der Waals surface area (Å²) in [5, 5.41) is 4.05. The van der Waals surface area contributed by atoms with Crippen LogP contribution in [0.2, 0.25) is 0 Å². The molecule has 0 aliphatic rings. The molecule has 0 atom stereocenters.